The molecule has 1 saturated heterocycles. The number of sulfone groups is 1. The first-order chi connectivity index (χ1) is 9.61. The minimum Gasteiger partial charge on any atom is -0.478 e. The molecule has 1 unspecified atom stereocenters. The first-order valence-electron chi connectivity index (χ1n) is 5.86. The van der Waals surface area contributed by atoms with Crippen molar-refractivity contribution >= 4 is 37.4 Å². The van der Waals surface area contributed by atoms with E-state index in [0.717, 1.165) is 6.07 Å². The van der Waals surface area contributed by atoms with E-state index in [9.17, 15) is 21.6 Å². The number of halogens is 1. The molecule has 0 bridgehead atoms. The number of aromatic carboxylic acids is 1. The van der Waals surface area contributed by atoms with Crippen LogP contribution >= 0.6 is 11.6 Å². The third-order valence-corrected chi connectivity index (χ3v) is 6.65. The highest BCUT2D eigenvalue weighted by Crippen LogP contribution is 2.22. The minimum absolute atomic E-state index is 0.0683. The fourth-order valence-corrected chi connectivity index (χ4v) is 5.28. The van der Waals surface area contributed by atoms with Crippen LogP contribution in [0.15, 0.2) is 23.1 Å². The summed E-state index contributed by atoms with van der Waals surface area (Å²) in [6, 6.07) is 2.58. The van der Waals surface area contributed by atoms with Gasteiger partial charge in [-0.05, 0) is 24.6 Å². The van der Waals surface area contributed by atoms with Gasteiger partial charge in [0.05, 0.1) is 27.0 Å². The van der Waals surface area contributed by atoms with Gasteiger partial charge in [-0.2, -0.15) is 0 Å². The van der Waals surface area contributed by atoms with Crippen molar-refractivity contribution < 1.29 is 26.7 Å². The number of hydrogen-bond acceptors (Lipinski definition) is 5. The maximum Gasteiger partial charge on any atom is 0.337 e. The number of carboxylic acids is 1. The Labute approximate surface area is 126 Å². The second kappa shape index (κ2) is 5.56. The summed E-state index contributed by atoms with van der Waals surface area (Å²) in [5.41, 5.74) is -0.335. The van der Waals surface area contributed by atoms with Gasteiger partial charge < -0.3 is 5.11 Å². The lowest BCUT2D eigenvalue weighted by atomic mass is 10.2. The Bertz CT molecular complexity index is 787. The van der Waals surface area contributed by atoms with Crippen molar-refractivity contribution in [3.8, 4) is 0 Å². The van der Waals surface area contributed by atoms with E-state index in [1.165, 1.54) is 12.1 Å². The standard InChI is InChI=1S/C11H12ClNO6S2/c12-10-2-1-8(5-9(10)11(14)15)21(18,19)13-7-3-4-20(16,17)6-7/h1-2,5,7,13H,3-4,6H2,(H,14,15). The molecule has 0 aliphatic carbocycles. The first-order valence-corrected chi connectivity index (χ1v) is 9.54. The lowest BCUT2D eigenvalue weighted by molar-refractivity contribution is 0.0697. The molecule has 116 valence electrons. The highest BCUT2D eigenvalue weighted by molar-refractivity contribution is 7.92. The average Bonchev–Trinajstić information content (AvgIpc) is 2.67. The summed E-state index contributed by atoms with van der Waals surface area (Å²) >= 11 is 5.67. The molecule has 7 nitrogen and oxygen atoms in total. The summed E-state index contributed by atoms with van der Waals surface area (Å²) in [5, 5.41) is 8.85. The van der Waals surface area contributed by atoms with E-state index in [2.05, 4.69) is 4.72 Å². The van der Waals surface area contributed by atoms with Gasteiger partial charge in [0.2, 0.25) is 10.0 Å². The van der Waals surface area contributed by atoms with Crippen LogP contribution in [0.4, 0.5) is 0 Å². The third-order valence-electron chi connectivity index (χ3n) is 3.03. The SMILES string of the molecule is O=C(O)c1cc(S(=O)(=O)NC2CCS(=O)(=O)C2)ccc1Cl. The predicted octanol–water partition coefficient (Wildman–Crippen LogP) is 0.504. The summed E-state index contributed by atoms with van der Waals surface area (Å²) < 4.78 is 49.2. The summed E-state index contributed by atoms with van der Waals surface area (Å²) in [6.07, 6.45) is 0.195. The number of rotatable bonds is 4. The Morgan fingerprint density at radius 1 is 1.38 bits per heavy atom. The summed E-state index contributed by atoms with van der Waals surface area (Å²) in [6.45, 7) is 0. The van der Waals surface area contributed by atoms with Crippen molar-refractivity contribution in [2.24, 2.45) is 0 Å². The van der Waals surface area contributed by atoms with Gasteiger partial charge in [0, 0.05) is 6.04 Å². The van der Waals surface area contributed by atoms with Crippen LogP contribution in [0.3, 0.4) is 0 Å². The number of carbonyl (C=O) groups is 1. The second-order valence-electron chi connectivity index (χ2n) is 4.67. The zero-order valence-corrected chi connectivity index (χ0v) is 13.0. The Morgan fingerprint density at radius 2 is 2.05 bits per heavy atom. The molecule has 1 aromatic carbocycles. The van der Waals surface area contributed by atoms with E-state index in [0.29, 0.717) is 0 Å². The molecule has 21 heavy (non-hydrogen) atoms. The van der Waals surface area contributed by atoms with Crippen molar-refractivity contribution in [1.29, 1.82) is 0 Å². The van der Waals surface area contributed by atoms with Gasteiger partial charge in [0.15, 0.2) is 9.84 Å². The van der Waals surface area contributed by atoms with Gasteiger partial charge >= 0.3 is 5.97 Å². The van der Waals surface area contributed by atoms with E-state index in [-0.39, 0.29) is 33.4 Å². The van der Waals surface area contributed by atoms with Crippen LogP contribution < -0.4 is 4.72 Å². The first kappa shape index (κ1) is 16.2. The molecule has 2 rings (SSSR count). The predicted molar refractivity (Wildman–Crippen MR) is 75.8 cm³/mol. The van der Waals surface area contributed by atoms with Crippen molar-refractivity contribution in [2.45, 2.75) is 17.4 Å². The lowest BCUT2D eigenvalue weighted by Gasteiger charge is -2.12. The van der Waals surface area contributed by atoms with Gasteiger partial charge in [-0.1, -0.05) is 11.6 Å². The maximum absolute atomic E-state index is 12.1. The van der Waals surface area contributed by atoms with Gasteiger partial charge in [-0.15, -0.1) is 0 Å². The van der Waals surface area contributed by atoms with Crippen LogP contribution in [0.2, 0.25) is 5.02 Å². The van der Waals surface area contributed by atoms with Gasteiger partial charge in [0.1, 0.15) is 0 Å². The largest absolute Gasteiger partial charge is 0.478 e. The molecule has 0 spiro atoms. The van der Waals surface area contributed by atoms with Crippen molar-refractivity contribution in [1.82, 2.24) is 4.72 Å². The molecule has 0 aromatic heterocycles. The zero-order valence-electron chi connectivity index (χ0n) is 10.6. The number of carboxylic acid groups (broad SMARTS) is 1. The van der Waals surface area contributed by atoms with Crippen LogP contribution in [-0.4, -0.2) is 45.5 Å². The van der Waals surface area contributed by atoms with Crippen molar-refractivity contribution in [3.63, 3.8) is 0 Å². The number of benzene rings is 1. The van der Waals surface area contributed by atoms with E-state index in [4.69, 9.17) is 16.7 Å². The van der Waals surface area contributed by atoms with Crippen LogP contribution in [0.1, 0.15) is 16.8 Å². The molecule has 2 N–H and O–H groups in total. The third kappa shape index (κ3) is 3.73. The van der Waals surface area contributed by atoms with E-state index in [1.54, 1.807) is 0 Å². The molecule has 1 fully saturated rings. The Balaban J connectivity index is 2.28. The van der Waals surface area contributed by atoms with Gasteiger partial charge in [0.25, 0.3) is 0 Å². The summed E-state index contributed by atoms with van der Waals surface area (Å²) in [4.78, 5) is 10.7. The fraction of sp³-hybridized carbons (Fsp3) is 0.364. The van der Waals surface area contributed by atoms with Crippen molar-refractivity contribution in [2.75, 3.05) is 11.5 Å². The molecule has 0 saturated carbocycles. The van der Waals surface area contributed by atoms with Crippen molar-refractivity contribution in [3.05, 3.63) is 28.8 Å². The lowest BCUT2D eigenvalue weighted by Crippen LogP contribution is -2.35. The molecule has 1 heterocycles. The van der Waals surface area contributed by atoms with E-state index in [1.807, 2.05) is 0 Å². The summed E-state index contributed by atoms with van der Waals surface area (Å²) in [7, 11) is -7.22. The maximum atomic E-state index is 12.1. The molecule has 1 aliphatic heterocycles. The van der Waals surface area contributed by atoms with Gasteiger partial charge in [-0.3, -0.25) is 0 Å². The normalized spacial score (nSPS) is 21.3. The van der Waals surface area contributed by atoms with Crippen LogP contribution in [0, 0.1) is 0 Å². The van der Waals surface area contributed by atoms with Crippen LogP contribution in [0.25, 0.3) is 0 Å². The molecular weight excluding hydrogens is 342 g/mol. The molecular formula is C11H12ClNO6S2. The van der Waals surface area contributed by atoms with Crippen LogP contribution in [0.5, 0.6) is 0 Å². The number of nitrogens with one attached hydrogen (secondary N) is 1. The smallest absolute Gasteiger partial charge is 0.337 e. The summed E-state index contributed by atoms with van der Waals surface area (Å²) in [5.74, 6) is -1.67. The zero-order chi connectivity index (χ0) is 15.8. The highest BCUT2D eigenvalue weighted by atomic mass is 35.5. The highest BCUT2D eigenvalue weighted by Gasteiger charge is 2.31. The molecule has 1 aromatic rings. The number of sulfonamides is 1. The monoisotopic (exact) mass is 353 g/mol. The van der Waals surface area contributed by atoms with Gasteiger partial charge in [-0.25, -0.2) is 26.4 Å². The Hall–Kier alpha value is -1.16. The average molecular weight is 354 g/mol. The molecule has 1 aliphatic rings. The minimum atomic E-state index is -4.00. The number of hydrogen-bond donors (Lipinski definition) is 2. The molecule has 1 atom stereocenters. The Morgan fingerprint density at radius 3 is 2.57 bits per heavy atom. The molecule has 0 radical (unpaired) electrons. The topological polar surface area (TPSA) is 118 Å². The van der Waals surface area contributed by atoms with E-state index < -0.39 is 31.9 Å². The molecule has 0 amide bonds. The van der Waals surface area contributed by atoms with E-state index >= 15 is 0 Å². The Kier molecular flexibility index (Phi) is 4.29. The quantitative estimate of drug-likeness (QED) is 0.814. The second-order valence-corrected chi connectivity index (χ2v) is 9.02. The fourth-order valence-electron chi connectivity index (χ4n) is 2.01. The van der Waals surface area contributed by atoms with Crippen LogP contribution in [-0.2, 0) is 19.9 Å². The molecule has 10 heteroatoms.